The van der Waals surface area contributed by atoms with E-state index < -0.39 is 6.09 Å². The van der Waals surface area contributed by atoms with Gasteiger partial charge < -0.3 is 15.8 Å². The molecular formula is C11H11N3O3. The van der Waals surface area contributed by atoms with Crippen molar-refractivity contribution in [1.82, 2.24) is 5.32 Å². The van der Waals surface area contributed by atoms with Crippen LogP contribution in [0.3, 0.4) is 0 Å². The molecule has 1 rings (SSSR count). The standard InChI is InChI=1S/C11H11N3O3/c12-7-8-2-1-3-9(6-8)10(15)14-4-5-17-11(13)16/h1-3,6H,4-5H2,(H2,13,16)(H,14,15). The lowest BCUT2D eigenvalue weighted by atomic mass is 10.1. The van der Waals surface area contributed by atoms with Gasteiger partial charge in [-0.15, -0.1) is 0 Å². The third kappa shape index (κ3) is 4.22. The highest BCUT2D eigenvalue weighted by Crippen LogP contribution is 2.03. The van der Waals surface area contributed by atoms with Crippen molar-refractivity contribution in [1.29, 1.82) is 5.26 Å². The maximum absolute atomic E-state index is 11.6. The fourth-order valence-electron chi connectivity index (χ4n) is 1.15. The molecule has 0 atom stereocenters. The number of nitrogens with one attached hydrogen (secondary N) is 1. The maximum Gasteiger partial charge on any atom is 0.404 e. The van der Waals surface area contributed by atoms with Gasteiger partial charge in [-0.1, -0.05) is 6.07 Å². The van der Waals surface area contributed by atoms with Crippen molar-refractivity contribution in [2.24, 2.45) is 5.73 Å². The Hall–Kier alpha value is -2.55. The number of rotatable bonds is 4. The number of hydrogen-bond acceptors (Lipinski definition) is 4. The molecular weight excluding hydrogens is 222 g/mol. The first-order chi connectivity index (χ1) is 8.13. The largest absolute Gasteiger partial charge is 0.448 e. The van der Waals surface area contributed by atoms with Crippen LogP contribution in [0.2, 0.25) is 0 Å². The Balaban J connectivity index is 2.47. The molecule has 3 N–H and O–H groups in total. The summed E-state index contributed by atoms with van der Waals surface area (Å²) in [5.41, 5.74) is 5.53. The van der Waals surface area contributed by atoms with Gasteiger partial charge in [0, 0.05) is 5.56 Å². The van der Waals surface area contributed by atoms with E-state index in [0.29, 0.717) is 11.1 Å². The summed E-state index contributed by atoms with van der Waals surface area (Å²) in [7, 11) is 0. The molecule has 6 heteroatoms. The fourth-order valence-corrected chi connectivity index (χ4v) is 1.15. The molecule has 0 fully saturated rings. The zero-order valence-corrected chi connectivity index (χ0v) is 8.97. The number of hydrogen-bond donors (Lipinski definition) is 2. The predicted molar refractivity (Wildman–Crippen MR) is 59.0 cm³/mol. The molecule has 1 aromatic rings. The monoisotopic (exact) mass is 233 g/mol. The van der Waals surface area contributed by atoms with Gasteiger partial charge in [0.2, 0.25) is 0 Å². The predicted octanol–water partition coefficient (Wildman–Crippen LogP) is 0.383. The van der Waals surface area contributed by atoms with Crippen LogP contribution in [0.15, 0.2) is 24.3 Å². The summed E-state index contributed by atoms with van der Waals surface area (Å²) in [6.45, 7) is 0.178. The van der Waals surface area contributed by atoms with Gasteiger partial charge in [-0.25, -0.2) is 4.79 Å². The molecule has 0 bridgehead atoms. The van der Waals surface area contributed by atoms with E-state index in [1.165, 1.54) is 6.07 Å². The van der Waals surface area contributed by atoms with E-state index >= 15 is 0 Å². The van der Waals surface area contributed by atoms with E-state index in [2.05, 4.69) is 10.1 Å². The van der Waals surface area contributed by atoms with Crippen molar-refractivity contribution in [2.45, 2.75) is 0 Å². The molecule has 1 aromatic carbocycles. The van der Waals surface area contributed by atoms with E-state index in [1.807, 2.05) is 6.07 Å². The average molecular weight is 233 g/mol. The number of benzene rings is 1. The van der Waals surface area contributed by atoms with Crippen LogP contribution in [0.1, 0.15) is 15.9 Å². The lowest BCUT2D eigenvalue weighted by Crippen LogP contribution is -2.29. The Morgan fingerprint density at radius 1 is 1.47 bits per heavy atom. The van der Waals surface area contributed by atoms with Crippen molar-refractivity contribution >= 4 is 12.0 Å². The molecule has 0 saturated carbocycles. The molecule has 17 heavy (non-hydrogen) atoms. The van der Waals surface area contributed by atoms with Gasteiger partial charge >= 0.3 is 6.09 Å². The summed E-state index contributed by atoms with van der Waals surface area (Å²) >= 11 is 0. The second-order valence-corrected chi connectivity index (χ2v) is 3.12. The van der Waals surface area contributed by atoms with Crippen LogP contribution in [0, 0.1) is 11.3 Å². The van der Waals surface area contributed by atoms with Gasteiger partial charge in [0.15, 0.2) is 0 Å². The van der Waals surface area contributed by atoms with Crippen LogP contribution in [0.25, 0.3) is 0 Å². The lowest BCUT2D eigenvalue weighted by molar-refractivity contribution is 0.0937. The molecule has 0 spiro atoms. The second kappa shape index (κ2) is 6.12. The Kier molecular flexibility index (Phi) is 4.51. The van der Waals surface area contributed by atoms with Crippen LogP contribution >= 0.6 is 0 Å². The van der Waals surface area contributed by atoms with Crippen LogP contribution in [-0.2, 0) is 4.74 Å². The number of primary amides is 1. The summed E-state index contributed by atoms with van der Waals surface area (Å²) in [6.07, 6.45) is -0.884. The van der Waals surface area contributed by atoms with Gasteiger partial charge in [-0.3, -0.25) is 4.79 Å². The van der Waals surface area contributed by atoms with E-state index in [4.69, 9.17) is 11.0 Å². The molecule has 0 unspecified atom stereocenters. The van der Waals surface area contributed by atoms with Crippen LogP contribution in [0.5, 0.6) is 0 Å². The smallest absolute Gasteiger partial charge is 0.404 e. The minimum Gasteiger partial charge on any atom is -0.448 e. The number of nitriles is 1. The van der Waals surface area contributed by atoms with Crippen LogP contribution < -0.4 is 11.1 Å². The second-order valence-electron chi connectivity index (χ2n) is 3.12. The maximum atomic E-state index is 11.6. The first kappa shape index (κ1) is 12.5. The molecule has 0 aromatic heterocycles. The van der Waals surface area contributed by atoms with Crippen molar-refractivity contribution in [3.63, 3.8) is 0 Å². The first-order valence-corrected chi connectivity index (χ1v) is 4.84. The quantitative estimate of drug-likeness (QED) is 0.733. The van der Waals surface area contributed by atoms with Crippen molar-refractivity contribution in [3.8, 4) is 6.07 Å². The highest BCUT2D eigenvalue weighted by molar-refractivity contribution is 5.94. The molecule has 0 heterocycles. The molecule has 2 amide bonds. The Labute approximate surface area is 98.0 Å². The number of nitrogens with zero attached hydrogens (tertiary/aromatic N) is 1. The van der Waals surface area contributed by atoms with Crippen molar-refractivity contribution in [3.05, 3.63) is 35.4 Å². The van der Waals surface area contributed by atoms with Crippen molar-refractivity contribution < 1.29 is 14.3 Å². The SMILES string of the molecule is N#Cc1cccc(C(=O)NCCOC(N)=O)c1. The minimum absolute atomic E-state index is 0.0129. The Morgan fingerprint density at radius 2 is 2.24 bits per heavy atom. The van der Waals surface area contributed by atoms with Gasteiger partial charge in [0.1, 0.15) is 6.61 Å². The van der Waals surface area contributed by atoms with Crippen molar-refractivity contribution in [2.75, 3.05) is 13.2 Å². The molecule has 0 aliphatic heterocycles. The van der Waals surface area contributed by atoms with Gasteiger partial charge in [-0.05, 0) is 18.2 Å². The number of carbonyl (C=O) groups is 2. The third-order valence-corrected chi connectivity index (χ3v) is 1.89. The number of amides is 2. The third-order valence-electron chi connectivity index (χ3n) is 1.89. The Bertz CT molecular complexity index is 465. The molecule has 0 aliphatic rings. The van der Waals surface area contributed by atoms with Gasteiger partial charge in [0.05, 0.1) is 18.2 Å². The van der Waals surface area contributed by atoms with Crippen LogP contribution in [-0.4, -0.2) is 25.2 Å². The minimum atomic E-state index is -0.884. The summed E-state index contributed by atoms with van der Waals surface area (Å²) in [5, 5.41) is 11.2. The first-order valence-electron chi connectivity index (χ1n) is 4.84. The van der Waals surface area contributed by atoms with Gasteiger partial charge in [0.25, 0.3) is 5.91 Å². The zero-order valence-electron chi connectivity index (χ0n) is 8.97. The average Bonchev–Trinajstić information content (AvgIpc) is 2.34. The summed E-state index contributed by atoms with van der Waals surface area (Å²) in [5.74, 6) is -0.338. The van der Waals surface area contributed by atoms with Gasteiger partial charge in [-0.2, -0.15) is 5.26 Å². The number of ether oxygens (including phenoxy) is 1. The highest BCUT2D eigenvalue weighted by atomic mass is 16.5. The highest BCUT2D eigenvalue weighted by Gasteiger charge is 2.05. The zero-order chi connectivity index (χ0) is 12.7. The molecule has 0 saturated heterocycles. The fraction of sp³-hybridized carbons (Fsp3) is 0.182. The van der Waals surface area contributed by atoms with Crippen LogP contribution in [0.4, 0.5) is 4.79 Å². The van der Waals surface area contributed by atoms with E-state index in [1.54, 1.807) is 18.2 Å². The normalized spacial score (nSPS) is 9.12. The van der Waals surface area contributed by atoms with E-state index in [-0.39, 0.29) is 19.1 Å². The molecule has 88 valence electrons. The summed E-state index contributed by atoms with van der Waals surface area (Å²) in [4.78, 5) is 21.8. The Morgan fingerprint density at radius 3 is 2.88 bits per heavy atom. The van der Waals surface area contributed by atoms with E-state index in [9.17, 15) is 9.59 Å². The topological polar surface area (TPSA) is 105 Å². The van der Waals surface area contributed by atoms with E-state index in [0.717, 1.165) is 0 Å². The number of carbonyl (C=O) groups excluding carboxylic acids is 2. The summed E-state index contributed by atoms with van der Waals surface area (Å²) < 4.78 is 4.44. The molecule has 0 aliphatic carbocycles. The lowest BCUT2D eigenvalue weighted by Gasteiger charge is -2.05. The number of nitrogens with two attached hydrogens (primary N) is 1. The summed E-state index contributed by atoms with van der Waals surface area (Å²) in [6, 6.07) is 8.23. The molecule has 0 radical (unpaired) electrons. The molecule has 6 nitrogen and oxygen atoms in total.